The second-order valence-electron chi connectivity index (χ2n) is 4.51. The van der Waals surface area contributed by atoms with Gasteiger partial charge in [-0.05, 0) is 38.1 Å². The Morgan fingerprint density at radius 3 is 2.33 bits per heavy atom. The lowest BCUT2D eigenvalue weighted by Gasteiger charge is -2.26. The Hall–Kier alpha value is -1.96. The van der Waals surface area contributed by atoms with Gasteiger partial charge in [-0.25, -0.2) is 4.79 Å². The van der Waals surface area contributed by atoms with Crippen LogP contribution in [0.5, 0.6) is 5.75 Å². The number of carbonyl (C=O) groups is 1. The number of rotatable bonds is 5. The monoisotopic (exact) mass is 306 g/mol. The molecule has 2 N–H and O–H groups in total. The molecule has 118 valence electrons. The number of hydrogen-bond donors (Lipinski definition) is 2. The molecule has 21 heavy (non-hydrogen) atoms. The Kier molecular flexibility index (Phi) is 5.83. The molecule has 5 nitrogen and oxygen atoms in total. The lowest BCUT2D eigenvalue weighted by molar-refractivity contribution is -0.274. The van der Waals surface area contributed by atoms with Crippen LogP contribution in [0.25, 0.3) is 0 Å². The Bertz CT molecular complexity index is 461. The predicted molar refractivity (Wildman–Crippen MR) is 71.1 cm³/mol. The van der Waals surface area contributed by atoms with Crippen LogP contribution >= 0.6 is 0 Å². The van der Waals surface area contributed by atoms with E-state index in [-0.39, 0.29) is 24.9 Å². The van der Waals surface area contributed by atoms with Crippen molar-refractivity contribution in [1.29, 1.82) is 0 Å². The van der Waals surface area contributed by atoms with Gasteiger partial charge in [0.15, 0.2) is 0 Å². The van der Waals surface area contributed by atoms with Gasteiger partial charge in [-0.15, -0.1) is 13.2 Å². The molecule has 0 saturated heterocycles. The number of hydrogen-bond acceptors (Lipinski definition) is 3. The highest BCUT2D eigenvalue weighted by molar-refractivity contribution is 5.89. The highest BCUT2D eigenvalue weighted by Crippen LogP contribution is 2.24. The Labute approximate surface area is 120 Å². The second kappa shape index (κ2) is 7.16. The van der Waals surface area contributed by atoms with E-state index in [9.17, 15) is 18.0 Å². The minimum atomic E-state index is -4.75. The van der Waals surface area contributed by atoms with Crippen molar-refractivity contribution in [2.45, 2.75) is 26.3 Å². The first kappa shape index (κ1) is 17.1. The van der Waals surface area contributed by atoms with Crippen LogP contribution in [0.3, 0.4) is 0 Å². The summed E-state index contributed by atoms with van der Waals surface area (Å²) >= 11 is 0. The van der Waals surface area contributed by atoms with Crippen molar-refractivity contribution in [1.82, 2.24) is 4.90 Å². The van der Waals surface area contributed by atoms with Crippen molar-refractivity contribution in [3.05, 3.63) is 24.3 Å². The maximum Gasteiger partial charge on any atom is 0.573 e. The summed E-state index contributed by atoms with van der Waals surface area (Å²) in [7, 11) is 0. The van der Waals surface area contributed by atoms with Crippen molar-refractivity contribution in [3.63, 3.8) is 0 Å². The summed E-state index contributed by atoms with van der Waals surface area (Å²) in [6.45, 7) is 3.56. The molecule has 1 aromatic rings. The standard InChI is InChI=1S/C13H17F3N2O3/c1-9(2)18(7-8-19)12(20)17-10-3-5-11(6-4-10)21-13(14,15)16/h3-6,9,19H,7-8H2,1-2H3,(H,17,20). The molecule has 0 aliphatic rings. The number of aliphatic hydroxyl groups excluding tert-OH is 1. The van der Waals surface area contributed by atoms with E-state index in [0.717, 1.165) is 12.1 Å². The number of aliphatic hydroxyl groups is 1. The van der Waals surface area contributed by atoms with Gasteiger partial charge in [-0.2, -0.15) is 0 Å². The topological polar surface area (TPSA) is 61.8 Å². The van der Waals surface area contributed by atoms with E-state index in [1.54, 1.807) is 13.8 Å². The highest BCUT2D eigenvalue weighted by Gasteiger charge is 2.31. The minimum absolute atomic E-state index is 0.120. The molecule has 0 spiro atoms. The van der Waals surface area contributed by atoms with Gasteiger partial charge in [0.1, 0.15) is 5.75 Å². The van der Waals surface area contributed by atoms with Crippen LogP contribution in [0.2, 0.25) is 0 Å². The molecule has 8 heteroatoms. The quantitative estimate of drug-likeness (QED) is 0.879. The molecule has 0 bridgehead atoms. The number of nitrogens with one attached hydrogen (secondary N) is 1. The summed E-state index contributed by atoms with van der Waals surface area (Å²) in [6, 6.07) is 4.25. The molecule has 0 aliphatic heterocycles. The van der Waals surface area contributed by atoms with Crippen molar-refractivity contribution >= 4 is 11.7 Å². The first-order valence-corrected chi connectivity index (χ1v) is 6.27. The first-order valence-electron chi connectivity index (χ1n) is 6.27. The second-order valence-corrected chi connectivity index (χ2v) is 4.51. The Morgan fingerprint density at radius 2 is 1.90 bits per heavy atom. The number of nitrogens with zero attached hydrogens (tertiary/aromatic N) is 1. The van der Waals surface area contributed by atoms with Gasteiger partial charge in [0.25, 0.3) is 0 Å². The molecule has 0 radical (unpaired) electrons. The number of halogens is 3. The van der Waals surface area contributed by atoms with Crippen molar-refractivity contribution in [2.75, 3.05) is 18.5 Å². The summed E-state index contributed by atoms with van der Waals surface area (Å²) in [5.41, 5.74) is 0.332. The number of urea groups is 1. The van der Waals surface area contributed by atoms with Crippen LogP contribution in [0.1, 0.15) is 13.8 Å². The number of carbonyl (C=O) groups excluding carboxylic acids is 1. The molecule has 0 saturated carbocycles. The lowest BCUT2D eigenvalue weighted by Crippen LogP contribution is -2.41. The average Bonchev–Trinajstić information content (AvgIpc) is 2.36. The minimum Gasteiger partial charge on any atom is -0.406 e. The maximum atomic E-state index is 12.0. The number of ether oxygens (including phenoxy) is 1. The Balaban J connectivity index is 2.68. The molecule has 0 fully saturated rings. The van der Waals surface area contributed by atoms with Crippen LogP contribution in [-0.2, 0) is 0 Å². The summed E-state index contributed by atoms with van der Waals surface area (Å²) in [5, 5.41) is 11.4. The summed E-state index contributed by atoms with van der Waals surface area (Å²) < 4.78 is 39.8. The maximum absolute atomic E-state index is 12.0. The van der Waals surface area contributed by atoms with E-state index in [4.69, 9.17) is 5.11 Å². The molecule has 0 aromatic heterocycles. The molecule has 1 aromatic carbocycles. The van der Waals surface area contributed by atoms with E-state index in [1.165, 1.54) is 17.0 Å². The van der Waals surface area contributed by atoms with Gasteiger partial charge < -0.3 is 20.1 Å². The van der Waals surface area contributed by atoms with Gasteiger partial charge in [0.2, 0.25) is 0 Å². The molecular formula is C13H17F3N2O3. The first-order chi connectivity index (χ1) is 9.73. The SMILES string of the molecule is CC(C)N(CCO)C(=O)Nc1ccc(OC(F)(F)F)cc1. The van der Waals surface area contributed by atoms with Gasteiger partial charge >= 0.3 is 12.4 Å². The average molecular weight is 306 g/mol. The highest BCUT2D eigenvalue weighted by atomic mass is 19.4. The fraction of sp³-hybridized carbons (Fsp3) is 0.462. The molecule has 2 amide bonds. The number of alkyl halides is 3. The Morgan fingerprint density at radius 1 is 1.33 bits per heavy atom. The van der Waals surface area contributed by atoms with Gasteiger partial charge in [0.05, 0.1) is 6.61 Å². The summed E-state index contributed by atoms with van der Waals surface area (Å²) in [6.07, 6.45) is -4.75. The smallest absolute Gasteiger partial charge is 0.406 e. The van der Waals surface area contributed by atoms with E-state index in [2.05, 4.69) is 10.1 Å². The van der Waals surface area contributed by atoms with Crippen LogP contribution in [0.4, 0.5) is 23.7 Å². The van der Waals surface area contributed by atoms with Gasteiger partial charge in [-0.1, -0.05) is 0 Å². The van der Waals surface area contributed by atoms with E-state index >= 15 is 0 Å². The van der Waals surface area contributed by atoms with Crippen LogP contribution in [-0.4, -0.2) is 41.6 Å². The number of amides is 2. The predicted octanol–water partition coefficient (Wildman–Crippen LogP) is 2.82. The van der Waals surface area contributed by atoms with Crippen LogP contribution < -0.4 is 10.1 Å². The molecule has 0 aliphatic carbocycles. The fourth-order valence-electron chi connectivity index (χ4n) is 1.64. The van der Waals surface area contributed by atoms with Gasteiger partial charge in [0, 0.05) is 18.3 Å². The number of benzene rings is 1. The normalized spacial score (nSPS) is 11.4. The zero-order chi connectivity index (χ0) is 16.0. The van der Waals surface area contributed by atoms with Crippen LogP contribution in [0, 0.1) is 0 Å². The van der Waals surface area contributed by atoms with Crippen molar-refractivity contribution < 1.29 is 27.8 Å². The zero-order valence-electron chi connectivity index (χ0n) is 11.6. The molecular weight excluding hydrogens is 289 g/mol. The zero-order valence-corrected chi connectivity index (χ0v) is 11.6. The molecule has 0 heterocycles. The van der Waals surface area contributed by atoms with Crippen LogP contribution in [0.15, 0.2) is 24.3 Å². The largest absolute Gasteiger partial charge is 0.573 e. The third-order valence-corrected chi connectivity index (χ3v) is 2.56. The lowest BCUT2D eigenvalue weighted by atomic mass is 10.3. The summed E-state index contributed by atoms with van der Waals surface area (Å²) in [5.74, 6) is -0.364. The molecule has 1 rings (SSSR count). The van der Waals surface area contributed by atoms with Crippen molar-refractivity contribution in [3.8, 4) is 5.75 Å². The van der Waals surface area contributed by atoms with E-state index in [1.807, 2.05) is 0 Å². The van der Waals surface area contributed by atoms with E-state index in [0.29, 0.717) is 5.69 Å². The van der Waals surface area contributed by atoms with Crippen molar-refractivity contribution in [2.24, 2.45) is 0 Å². The number of anilines is 1. The van der Waals surface area contributed by atoms with Gasteiger partial charge in [-0.3, -0.25) is 0 Å². The fourth-order valence-corrected chi connectivity index (χ4v) is 1.64. The molecule has 0 unspecified atom stereocenters. The molecule has 0 atom stereocenters. The summed E-state index contributed by atoms with van der Waals surface area (Å²) in [4.78, 5) is 13.4. The van der Waals surface area contributed by atoms with E-state index < -0.39 is 12.4 Å². The third kappa shape index (κ3) is 5.90. The third-order valence-electron chi connectivity index (χ3n) is 2.56.